The number of hydrogen-bond acceptors (Lipinski definition) is 8. The van der Waals surface area contributed by atoms with Crippen molar-refractivity contribution in [1.82, 2.24) is 10.6 Å². The number of ether oxygens (including phenoxy) is 6. The molecule has 1 aliphatic heterocycles. The summed E-state index contributed by atoms with van der Waals surface area (Å²) in [6.07, 6.45) is -0.0720. The first-order valence-electron chi connectivity index (χ1n) is 12.5. The minimum absolute atomic E-state index is 0.138. The number of amides is 2. The molecule has 1 heterocycles. The lowest BCUT2D eigenvalue weighted by molar-refractivity contribution is -0.122. The molecule has 10 nitrogen and oxygen atoms in total. The molecule has 2 amide bonds. The van der Waals surface area contributed by atoms with E-state index in [-0.39, 0.29) is 12.5 Å². The van der Waals surface area contributed by atoms with E-state index in [0.29, 0.717) is 77.3 Å². The van der Waals surface area contributed by atoms with Crippen molar-refractivity contribution in [2.75, 3.05) is 59.4 Å². The van der Waals surface area contributed by atoms with Gasteiger partial charge in [-0.1, -0.05) is 36.4 Å². The molecule has 3 rings (SSSR count). The maximum absolute atomic E-state index is 12.4. The van der Waals surface area contributed by atoms with Crippen molar-refractivity contribution in [3.05, 3.63) is 59.7 Å². The zero-order valence-corrected chi connectivity index (χ0v) is 21.2. The van der Waals surface area contributed by atoms with Gasteiger partial charge in [0.05, 0.1) is 39.6 Å². The fraction of sp³-hybridized carbons (Fsp3) is 0.481. The van der Waals surface area contributed by atoms with Crippen molar-refractivity contribution in [1.29, 1.82) is 0 Å². The third-order valence-electron chi connectivity index (χ3n) is 5.38. The average Bonchev–Trinajstić information content (AvgIpc) is 2.92. The molecule has 0 aromatic heterocycles. The first-order valence-corrected chi connectivity index (χ1v) is 12.5. The van der Waals surface area contributed by atoms with E-state index in [1.165, 1.54) is 0 Å². The van der Waals surface area contributed by atoms with Gasteiger partial charge in [-0.3, -0.25) is 4.79 Å². The largest absolute Gasteiger partial charge is 0.487 e. The van der Waals surface area contributed by atoms with Crippen LogP contribution in [0.15, 0.2) is 48.5 Å². The number of hydrogen-bond donors (Lipinski definition) is 2. The summed E-state index contributed by atoms with van der Waals surface area (Å²) in [7, 11) is 0. The van der Waals surface area contributed by atoms with Gasteiger partial charge >= 0.3 is 6.09 Å². The van der Waals surface area contributed by atoms with Gasteiger partial charge in [0.15, 0.2) is 11.5 Å². The number of rotatable bonds is 7. The molecular formula is C27H36N2O8. The van der Waals surface area contributed by atoms with Crippen molar-refractivity contribution in [2.24, 2.45) is 0 Å². The zero-order chi connectivity index (χ0) is 26.1. The van der Waals surface area contributed by atoms with Crippen LogP contribution in [0.25, 0.3) is 0 Å². The maximum atomic E-state index is 12.4. The topological polar surface area (TPSA) is 114 Å². The van der Waals surface area contributed by atoms with E-state index in [0.717, 1.165) is 11.1 Å². The van der Waals surface area contributed by atoms with Crippen molar-refractivity contribution < 1.29 is 38.0 Å². The highest BCUT2D eigenvalue weighted by atomic mass is 16.6. The summed E-state index contributed by atoms with van der Waals surface area (Å²) in [4.78, 5) is 24.4. The second-order valence-corrected chi connectivity index (χ2v) is 8.28. The Hall–Kier alpha value is -3.34. The Morgan fingerprint density at radius 2 is 1.43 bits per heavy atom. The first kappa shape index (κ1) is 28.2. The third-order valence-corrected chi connectivity index (χ3v) is 5.38. The predicted molar refractivity (Wildman–Crippen MR) is 136 cm³/mol. The molecule has 0 saturated heterocycles. The van der Waals surface area contributed by atoms with Crippen LogP contribution < -0.4 is 20.1 Å². The summed E-state index contributed by atoms with van der Waals surface area (Å²) in [5, 5.41) is 5.38. The minimum Gasteiger partial charge on any atom is -0.487 e. The predicted octanol–water partition coefficient (Wildman–Crippen LogP) is 2.48. The molecule has 10 heteroatoms. The second kappa shape index (κ2) is 16.4. The van der Waals surface area contributed by atoms with E-state index in [9.17, 15) is 9.59 Å². The van der Waals surface area contributed by atoms with Gasteiger partial charge in [0.1, 0.15) is 25.9 Å². The normalized spacial score (nSPS) is 15.9. The monoisotopic (exact) mass is 516 g/mol. The van der Waals surface area contributed by atoms with Gasteiger partial charge in [0.2, 0.25) is 5.91 Å². The molecule has 1 unspecified atom stereocenters. The quantitative estimate of drug-likeness (QED) is 0.577. The molecule has 2 N–H and O–H groups in total. The molecule has 2 aromatic rings. The lowest BCUT2D eigenvalue weighted by Gasteiger charge is -2.16. The van der Waals surface area contributed by atoms with Gasteiger partial charge in [0, 0.05) is 6.54 Å². The van der Waals surface area contributed by atoms with Gasteiger partial charge in [-0.05, 0) is 36.6 Å². The number of nitrogens with one attached hydrogen (secondary N) is 2. The number of alkyl carbamates (subject to hydrolysis) is 1. The van der Waals surface area contributed by atoms with Crippen molar-refractivity contribution in [3.63, 3.8) is 0 Å². The van der Waals surface area contributed by atoms with Crippen LogP contribution in [0.4, 0.5) is 4.79 Å². The van der Waals surface area contributed by atoms with Gasteiger partial charge < -0.3 is 39.1 Å². The second-order valence-electron chi connectivity index (χ2n) is 8.28. The third kappa shape index (κ3) is 11.1. The van der Waals surface area contributed by atoms with Crippen LogP contribution in [0, 0.1) is 0 Å². The Balaban J connectivity index is 1.43. The van der Waals surface area contributed by atoms with E-state index in [1.807, 2.05) is 48.5 Å². The molecule has 202 valence electrons. The van der Waals surface area contributed by atoms with Crippen LogP contribution in [-0.4, -0.2) is 77.4 Å². The van der Waals surface area contributed by atoms with Crippen LogP contribution in [-0.2, 0) is 36.8 Å². The SMILES string of the molecule is CC(NC(=O)OCc1ccccc1)C(=O)NCCc1ccc2c(c1)OCCOCCOCCOCCO2. The number of carbonyl (C=O) groups excluding carboxylic acids is 2. The van der Waals surface area contributed by atoms with E-state index in [2.05, 4.69) is 10.6 Å². The van der Waals surface area contributed by atoms with Gasteiger partial charge in [0.25, 0.3) is 0 Å². The summed E-state index contributed by atoms with van der Waals surface area (Å²) < 4.78 is 33.3. The standard InChI is InChI=1S/C27H36N2O8/c1-21(29-27(31)37-20-23-5-3-2-4-6-23)26(30)28-10-9-22-7-8-24-25(19-22)36-18-16-34-14-12-32-11-13-33-15-17-35-24/h2-8,19,21H,9-18,20H2,1H3,(H,28,30)(H,29,31). The average molecular weight is 517 g/mol. The van der Waals surface area contributed by atoms with Crippen LogP contribution in [0.1, 0.15) is 18.1 Å². The Kier molecular flexibility index (Phi) is 12.5. The van der Waals surface area contributed by atoms with Crippen molar-refractivity contribution >= 4 is 12.0 Å². The Bertz CT molecular complexity index is 957. The molecule has 0 spiro atoms. The van der Waals surface area contributed by atoms with Gasteiger partial charge in [-0.15, -0.1) is 0 Å². The lowest BCUT2D eigenvalue weighted by atomic mass is 10.1. The Morgan fingerprint density at radius 3 is 2.11 bits per heavy atom. The molecule has 1 aliphatic rings. The molecule has 0 saturated carbocycles. The van der Waals surface area contributed by atoms with Crippen LogP contribution in [0.5, 0.6) is 11.5 Å². The summed E-state index contributed by atoms with van der Waals surface area (Å²) >= 11 is 0. The number of fused-ring (bicyclic) bond motifs is 1. The zero-order valence-electron chi connectivity index (χ0n) is 21.2. The van der Waals surface area contributed by atoms with E-state index in [4.69, 9.17) is 28.4 Å². The molecule has 0 radical (unpaired) electrons. The summed E-state index contributed by atoms with van der Waals surface area (Å²) in [5.41, 5.74) is 1.84. The van der Waals surface area contributed by atoms with E-state index in [1.54, 1.807) is 6.92 Å². The highest BCUT2D eigenvalue weighted by Gasteiger charge is 2.16. The van der Waals surface area contributed by atoms with Crippen LogP contribution >= 0.6 is 0 Å². The maximum Gasteiger partial charge on any atom is 0.408 e. The van der Waals surface area contributed by atoms with Crippen molar-refractivity contribution in [3.8, 4) is 11.5 Å². The molecule has 37 heavy (non-hydrogen) atoms. The van der Waals surface area contributed by atoms with Gasteiger partial charge in [-0.2, -0.15) is 0 Å². The molecular weight excluding hydrogens is 480 g/mol. The van der Waals surface area contributed by atoms with Gasteiger partial charge in [-0.25, -0.2) is 4.79 Å². The van der Waals surface area contributed by atoms with E-state index < -0.39 is 12.1 Å². The Labute approximate surface area is 217 Å². The molecule has 2 aromatic carbocycles. The summed E-state index contributed by atoms with van der Waals surface area (Å²) in [6.45, 7) is 5.79. The molecule has 0 aliphatic carbocycles. The first-order chi connectivity index (χ1) is 18.1. The minimum atomic E-state index is -0.735. The highest BCUT2D eigenvalue weighted by Crippen LogP contribution is 2.28. The lowest BCUT2D eigenvalue weighted by Crippen LogP contribution is -2.45. The molecule has 0 fully saturated rings. The summed E-state index contributed by atoms with van der Waals surface area (Å²) in [6, 6.07) is 14.3. The van der Waals surface area contributed by atoms with Crippen molar-refractivity contribution in [2.45, 2.75) is 26.0 Å². The van der Waals surface area contributed by atoms with E-state index >= 15 is 0 Å². The molecule has 0 bridgehead atoms. The van der Waals surface area contributed by atoms with Crippen LogP contribution in [0.2, 0.25) is 0 Å². The smallest absolute Gasteiger partial charge is 0.408 e. The molecule has 1 atom stereocenters. The fourth-order valence-electron chi connectivity index (χ4n) is 3.39. The number of carbonyl (C=O) groups is 2. The Morgan fingerprint density at radius 1 is 0.811 bits per heavy atom. The number of benzene rings is 2. The highest BCUT2D eigenvalue weighted by molar-refractivity contribution is 5.85. The fourth-order valence-corrected chi connectivity index (χ4v) is 3.39. The summed E-state index contributed by atoms with van der Waals surface area (Å²) in [5.74, 6) is 0.927. The van der Waals surface area contributed by atoms with Crippen LogP contribution in [0.3, 0.4) is 0 Å².